The first-order valence-electron chi connectivity index (χ1n) is 21.9. The monoisotopic (exact) mass is 846 g/mol. The second kappa shape index (κ2) is 19.3. The number of guanidine groups is 1. The molecular formula is C48H58N6O8. The van der Waals surface area contributed by atoms with Gasteiger partial charge in [-0.3, -0.25) is 14.8 Å². The molecule has 14 nitrogen and oxygen atoms in total. The fourth-order valence-electron chi connectivity index (χ4n) is 9.83. The number of aromatic hydroxyl groups is 3. The molecule has 2 bridgehead atoms. The van der Waals surface area contributed by atoms with Gasteiger partial charge in [0.2, 0.25) is 5.75 Å². The molecule has 1 aromatic heterocycles. The Bertz CT molecular complexity index is 2240. The Morgan fingerprint density at radius 1 is 1.06 bits per heavy atom. The summed E-state index contributed by atoms with van der Waals surface area (Å²) in [5.74, 6) is 7.39. The first-order valence-corrected chi connectivity index (χ1v) is 21.9. The predicted octanol–water partition coefficient (Wildman–Crippen LogP) is 5.41. The summed E-state index contributed by atoms with van der Waals surface area (Å²) in [6.45, 7) is 2.96. The van der Waals surface area contributed by atoms with E-state index >= 15 is 0 Å². The first-order chi connectivity index (χ1) is 30.1. The lowest BCUT2D eigenvalue weighted by atomic mass is 9.66. The van der Waals surface area contributed by atoms with Crippen LogP contribution in [0.1, 0.15) is 81.1 Å². The van der Waals surface area contributed by atoms with Crippen molar-refractivity contribution in [1.29, 1.82) is 0 Å². The molecule has 9 atom stereocenters. The summed E-state index contributed by atoms with van der Waals surface area (Å²) in [5.41, 5.74) is 16.2. The second-order valence-corrected chi connectivity index (χ2v) is 17.1. The molecular weight excluding hydrogens is 789 g/mol. The number of carbonyl (C=O) groups is 1. The Morgan fingerprint density at radius 3 is 2.77 bits per heavy atom. The maximum Gasteiger partial charge on any atom is 0.302 e. The van der Waals surface area contributed by atoms with Gasteiger partial charge in [-0.15, -0.1) is 0 Å². The van der Waals surface area contributed by atoms with E-state index in [9.17, 15) is 20.1 Å². The van der Waals surface area contributed by atoms with Crippen molar-refractivity contribution in [2.75, 3.05) is 19.7 Å². The number of allylic oxidation sites excluding steroid dienone is 2. The molecule has 0 unspecified atom stereocenters. The van der Waals surface area contributed by atoms with Crippen molar-refractivity contribution in [3.8, 4) is 40.6 Å². The van der Waals surface area contributed by atoms with Crippen LogP contribution in [0, 0.1) is 35.5 Å². The molecule has 62 heavy (non-hydrogen) atoms. The van der Waals surface area contributed by atoms with Crippen molar-refractivity contribution in [2.24, 2.45) is 40.1 Å². The molecule has 0 radical (unpaired) electrons. The lowest BCUT2D eigenvalue weighted by molar-refractivity contribution is -0.196. The van der Waals surface area contributed by atoms with Crippen molar-refractivity contribution in [1.82, 2.24) is 15.6 Å². The Labute approximate surface area is 362 Å². The van der Waals surface area contributed by atoms with Crippen LogP contribution in [0.3, 0.4) is 0 Å². The van der Waals surface area contributed by atoms with Gasteiger partial charge in [0.05, 0.1) is 30.6 Å². The lowest BCUT2D eigenvalue weighted by Gasteiger charge is -2.49. The van der Waals surface area contributed by atoms with Gasteiger partial charge in [-0.2, -0.15) is 0 Å². The number of ether oxygens (including phenoxy) is 4. The van der Waals surface area contributed by atoms with Crippen LogP contribution in [0.5, 0.6) is 28.7 Å². The van der Waals surface area contributed by atoms with Gasteiger partial charge in [0.15, 0.2) is 29.0 Å². The zero-order valence-corrected chi connectivity index (χ0v) is 35.2. The van der Waals surface area contributed by atoms with Gasteiger partial charge in [-0.05, 0) is 110 Å². The fourth-order valence-corrected chi connectivity index (χ4v) is 9.83. The number of nitrogens with two attached hydrogens (primary N) is 2. The highest BCUT2D eigenvalue weighted by Crippen LogP contribution is 2.50. The van der Waals surface area contributed by atoms with Crippen LogP contribution in [0.25, 0.3) is 0 Å². The number of rotatable bonds is 11. The van der Waals surface area contributed by atoms with Gasteiger partial charge in [-0.25, -0.2) is 0 Å². The number of pyridine rings is 1. The molecule has 0 amide bonds. The van der Waals surface area contributed by atoms with Crippen molar-refractivity contribution >= 4 is 11.9 Å². The molecule has 3 aliphatic heterocycles. The molecule has 3 fully saturated rings. The number of aromatic nitrogens is 1. The van der Waals surface area contributed by atoms with Crippen LogP contribution in [0.4, 0.5) is 0 Å². The summed E-state index contributed by atoms with van der Waals surface area (Å²) >= 11 is 0. The zero-order chi connectivity index (χ0) is 43.2. The molecule has 1 saturated heterocycles. The number of phenolic OH excluding ortho intramolecular Hbond substituents is 3. The van der Waals surface area contributed by atoms with Crippen LogP contribution < -0.4 is 31.6 Å². The van der Waals surface area contributed by atoms with Gasteiger partial charge in [0.25, 0.3) is 0 Å². The Balaban J connectivity index is 1.06. The van der Waals surface area contributed by atoms with E-state index in [0.717, 1.165) is 62.6 Å². The molecule has 14 heteroatoms. The number of nitrogens with one attached hydrogen (secondary N) is 2. The smallest absolute Gasteiger partial charge is 0.302 e. The zero-order valence-electron chi connectivity index (χ0n) is 35.2. The number of esters is 1. The van der Waals surface area contributed by atoms with Gasteiger partial charge < -0.3 is 56.4 Å². The largest absolute Gasteiger partial charge is 0.504 e. The molecule has 4 heterocycles. The molecule has 9 N–H and O–H groups in total. The number of carbonyl (C=O) groups excluding carboxylic acids is 1. The summed E-state index contributed by atoms with van der Waals surface area (Å²) in [6, 6.07) is 12.4. The normalized spacial score (nSPS) is 28.0. The maximum absolute atomic E-state index is 12.6. The SMILES string of the molecule is CC(=O)O[C@H]1C[C@@H](c2cc(O)c(O)c(OCCc3cccnc3)c2)O[C@@H]2[C@H]1CC[C@H]1C#C[C@H]3[C@H](NC(N)=NCCCC4=CCNC(N)=C4)CCC[C@H]3Oc3cc(ccc3O)C[C@@H]21. The summed E-state index contributed by atoms with van der Waals surface area (Å²) < 4.78 is 25.8. The maximum atomic E-state index is 12.6. The number of hydrogen-bond acceptors (Lipinski definition) is 12. The van der Waals surface area contributed by atoms with Crippen LogP contribution in [-0.2, 0) is 27.1 Å². The van der Waals surface area contributed by atoms with Crippen molar-refractivity contribution in [2.45, 2.75) is 102 Å². The molecule has 8 rings (SSSR count). The number of aliphatic imine (C=N–C) groups is 1. The predicted molar refractivity (Wildman–Crippen MR) is 233 cm³/mol. The lowest BCUT2D eigenvalue weighted by Crippen LogP contribution is -2.52. The summed E-state index contributed by atoms with van der Waals surface area (Å²) in [5, 5.41) is 39.4. The number of phenols is 3. The molecule has 3 aromatic rings. The van der Waals surface area contributed by atoms with E-state index in [4.69, 9.17) is 30.4 Å². The molecule has 2 aromatic carbocycles. The molecule has 5 aliphatic rings. The third-order valence-corrected chi connectivity index (χ3v) is 12.9. The van der Waals surface area contributed by atoms with Crippen LogP contribution in [-0.4, -0.2) is 76.3 Å². The average Bonchev–Trinajstić information content (AvgIpc) is 3.27. The van der Waals surface area contributed by atoms with E-state index in [1.807, 2.05) is 30.3 Å². The number of nitrogens with zero attached hydrogens (tertiary/aromatic N) is 2. The standard InChI is InChI=1S/C48H58N6O8/c1-28(55)60-42-26-41(33-24-39(57)46(58)44(25-33)59-20-16-30-6-3-17-51-27-30)62-47-35(42)13-11-32-10-12-34-37(54-48(50)53-18-4-5-29-15-19-52-45(49)23-29)7-2-8-40(34)61-43-22-31(21-36(32)47)9-14-38(43)56/h3,6,9,14-15,17,22-25,27,32,34-37,40-42,47,52,56-58H,2,4-5,7-8,11,13,16,18-21,26,49H2,1H3,(H3,50,53,54)/t32-,34+,35+,36-,37-,40-,41+,42+,47-/m1/s1. The molecule has 328 valence electrons. The van der Waals surface area contributed by atoms with Crippen molar-refractivity contribution in [3.05, 3.63) is 95.1 Å². The van der Waals surface area contributed by atoms with E-state index in [1.165, 1.54) is 18.6 Å². The Hall–Kier alpha value is -6.07. The van der Waals surface area contributed by atoms with Crippen molar-refractivity contribution < 1.29 is 39.1 Å². The molecule has 2 aliphatic carbocycles. The Morgan fingerprint density at radius 2 is 1.95 bits per heavy atom. The Kier molecular flexibility index (Phi) is 13.3. The fraction of sp³-hybridized carbons (Fsp3) is 0.479. The third-order valence-electron chi connectivity index (χ3n) is 12.9. The number of benzene rings is 2. The minimum Gasteiger partial charge on any atom is -0.504 e. The molecule has 0 spiro atoms. The first kappa shape index (κ1) is 42.6. The third kappa shape index (κ3) is 10.2. The number of dihydropyridines is 1. The van der Waals surface area contributed by atoms with Gasteiger partial charge in [0.1, 0.15) is 12.2 Å². The quantitative estimate of drug-likeness (QED) is 0.0321. The summed E-state index contributed by atoms with van der Waals surface area (Å²) in [4.78, 5) is 21.4. The van der Waals surface area contributed by atoms with E-state index in [0.29, 0.717) is 48.9 Å². The van der Waals surface area contributed by atoms with Crippen LogP contribution in [0.15, 0.2) is 83.4 Å². The summed E-state index contributed by atoms with van der Waals surface area (Å²) in [7, 11) is 0. The number of hydrogen-bond donors (Lipinski definition) is 7. The highest BCUT2D eigenvalue weighted by molar-refractivity contribution is 5.78. The van der Waals surface area contributed by atoms with Crippen molar-refractivity contribution in [3.63, 3.8) is 0 Å². The summed E-state index contributed by atoms with van der Waals surface area (Å²) in [6.07, 6.45) is 13.0. The highest BCUT2D eigenvalue weighted by Gasteiger charge is 2.49. The average molecular weight is 847 g/mol. The minimum absolute atomic E-state index is 0.0592. The second-order valence-electron chi connectivity index (χ2n) is 17.1. The molecule has 2 saturated carbocycles. The van der Waals surface area contributed by atoms with Crippen LogP contribution >= 0.6 is 0 Å². The topological polar surface area (TPSA) is 216 Å². The van der Waals surface area contributed by atoms with E-state index in [1.54, 1.807) is 24.5 Å². The van der Waals surface area contributed by atoms with E-state index in [2.05, 4.69) is 38.5 Å². The number of fused-ring (bicyclic) bond motifs is 6. The van der Waals surface area contributed by atoms with E-state index in [-0.39, 0.29) is 77.5 Å². The highest BCUT2D eigenvalue weighted by atomic mass is 16.6. The van der Waals surface area contributed by atoms with Crippen LogP contribution in [0.2, 0.25) is 0 Å². The van der Waals surface area contributed by atoms with Gasteiger partial charge >= 0.3 is 5.97 Å². The van der Waals surface area contributed by atoms with E-state index < -0.39 is 12.2 Å². The minimum atomic E-state index is -0.596. The van der Waals surface area contributed by atoms with Gasteiger partial charge in [-0.1, -0.05) is 30.0 Å². The van der Waals surface area contributed by atoms with Gasteiger partial charge in [0, 0.05) is 69.0 Å².